The minimum atomic E-state index is -4.38. The van der Waals surface area contributed by atoms with Crippen LogP contribution in [0.5, 0.6) is 0 Å². The van der Waals surface area contributed by atoms with Crippen molar-refractivity contribution in [2.75, 3.05) is 13.1 Å². The van der Waals surface area contributed by atoms with Gasteiger partial charge in [-0.15, -0.1) is 0 Å². The summed E-state index contributed by atoms with van der Waals surface area (Å²) < 4.78 is 39.9. The predicted molar refractivity (Wildman–Crippen MR) is 76.5 cm³/mol. The maximum Gasteiger partial charge on any atom is 0.432 e. The van der Waals surface area contributed by atoms with Crippen LogP contribution >= 0.6 is 0 Å². The third-order valence-electron chi connectivity index (χ3n) is 4.15. The van der Waals surface area contributed by atoms with Crippen molar-refractivity contribution in [1.29, 1.82) is 0 Å². The summed E-state index contributed by atoms with van der Waals surface area (Å²) in [5, 5.41) is 4.14. The fourth-order valence-electron chi connectivity index (χ4n) is 2.99. The van der Waals surface area contributed by atoms with Crippen molar-refractivity contribution in [3.63, 3.8) is 0 Å². The van der Waals surface area contributed by atoms with Crippen LogP contribution in [0.2, 0.25) is 0 Å². The number of aromatic nitrogens is 5. The van der Waals surface area contributed by atoms with Crippen molar-refractivity contribution in [3.05, 3.63) is 29.9 Å². The van der Waals surface area contributed by atoms with E-state index < -0.39 is 11.9 Å². The zero-order valence-electron chi connectivity index (χ0n) is 12.8. The van der Waals surface area contributed by atoms with Crippen LogP contribution in [-0.2, 0) is 19.3 Å². The molecule has 0 radical (unpaired) electrons. The van der Waals surface area contributed by atoms with Gasteiger partial charge in [0.2, 0.25) is 0 Å². The van der Waals surface area contributed by atoms with E-state index in [1.807, 2.05) is 11.6 Å². The number of halogens is 3. The molecule has 0 bridgehead atoms. The van der Waals surface area contributed by atoms with Crippen LogP contribution in [0.3, 0.4) is 0 Å². The number of nitrogens with one attached hydrogen (secondary N) is 1. The molecule has 126 valence electrons. The molecule has 0 spiro atoms. The molecule has 2 aromatic heterocycles. The Morgan fingerprint density at radius 2 is 2.17 bits per heavy atom. The Hall–Kier alpha value is -1.90. The van der Waals surface area contributed by atoms with Crippen LogP contribution < -0.4 is 0 Å². The number of rotatable bonds is 4. The van der Waals surface area contributed by atoms with E-state index in [1.54, 1.807) is 0 Å². The van der Waals surface area contributed by atoms with E-state index in [1.165, 1.54) is 6.33 Å². The van der Waals surface area contributed by atoms with Crippen LogP contribution in [0.4, 0.5) is 13.2 Å². The van der Waals surface area contributed by atoms with E-state index >= 15 is 0 Å². The van der Waals surface area contributed by atoms with Crippen molar-refractivity contribution < 1.29 is 13.2 Å². The molecule has 3 rings (SSSR count). The molecule has 3 heterocycles. The van der Waals surface area contributed by atoms with Crippen LogP contribution in [0.1, 0.15) is 43.0 Å². The predicted octanol–water partition coefficient (Wildman–Crippen LogP) is 2.42. The van der Waals surface area contributed by atoms with E-state index in [2.05, 4.69) is 25.0 Å². The monoisotopic (exact) mass is 328 g/mol. The smallest absolute Gasteiger partial charge is 0.338 e. The van der Waals surface area contributed by atoms with Gasteiger partial charge in [0, 0.05) is 19.0 Å². The molecule has 1 aliphatic rings. The lowest BCUT2D eigenvalue weighted by molar-refractivity contribution is -0.141. The standard InChI is InChI=1S/C14H19F3N6/c1-2-23-12(19-9-20-23)8-22-5-3-4-10(7-22)13-18-6-11(21-13)14(15,16)17/h6,9-10H,2-5,7-8H2,1H3,(H,18,21). The molecular weight excluding hydrogens is 309 g/mol. The molecule has 1 atom stereocenters. The first-order valence-electron chi connectivity index (χ1n) is 7.68. The van der Waals surface area contributed by atoms with Crippen molar-refractivity contribution >= 4 is 0 Å². The van der Waals surface area contributed by atoms with Gasteiger partial charge < -0.3 is 4.98 Å². The number of alkyl halides is 3. The number of nitrogens with zero attached hydrogens (tertiary/aromatic N) is 5. The Kier molecular flexibility index (Phi) is 4.38. The van der Waals surface area contributed by atoms with Gasteiger partial charge >= 0.3 is 6.18 Å². The van der Waals surface area contributed by atoms with Gasteiger partial charge in [-0.25, -0.2) is 14.6 Å². The molecule has 1 saturated heterocycles. The third-order valence-corrected chi connectivity index (χ3v) is 4.15. The van der Waals surface area contributed by atoms with Gasteiger partial charge in [-0.3, -0.25) is 4.90 Å². The van der Waals surface area contributed by atoms with Gasteiger partial charge in [0.15, 0.2) is 0 Å². The molecule has 1 fully saturated rings. The van der Waals surface area contributed by atoms with E-state index in [0.29, 0.717) is 18.9 Å². The molecule has 0 aliphatic carbocycles. The highest BCUT2D eigenvalue weighted by Crippen LogP contribution is 2.31. The summed E-state index contributed by atoms with van der Waals surface area (Å²) in [6.07, 6.45) is -0.212. The highest BCUT2D eigenvalue weighted by Gasteiger charge is 2.34. The SMILES string of the molecule is CCn1ncnc1CN1CCCC(c2ncc(C(F)(F)F)[nH]2)C1. The Balaban J connectivity index is 1.67. The Morgan fingerprint density at radius 3 is 2.87 bits per heavy atom. The van der Waals surface area contributed by atoms with E-state index in [9.17, 15) is 13.2 Å². The molecule has 2 aromatic rings. The van der Waals surface area contributed by atoms with Gasteiger partial charge in [0.1, 0.15) is 23.7 Å². The second kappa shape index (κ2) is 6.31. The number of hydrogen-bond acceptors (Lipinski definition) is 4. The van der Waals surface area contributed by atoms with E-state index in [4.69, 9.17) is 0 Å². The minimum absolute atomic E-state index is 0.0159. The summed E-state index contributed by atoms with van der Waals surface area (Å²) in [7, 11) is 0. The first-order valence-corrected chi connectivity index (χ1v) is 7.68. The maximum atomic E-state index is 12.7. The Bertz CT molecular complexity index is 647. The first-order chi connectivity index (χ1) is 11.0. The molecule has 0 amide bonds. The second-order valence-corrected chi connectivity index (χ2v) is 5.75. The van der Waals surface area contributed by atoms with Crippen molar-refractivity contribution in [2.45, 2.75) is 44.9 Å². The molecule has 1 N–H and O–H groups in total. The summed E-state index contributed by atoms with van der Waals surface area (Å²) in [5.74, 6) is 1.28. The Morgan fingerprint density at radius 1 is 1.35 bits per heavy atom. The van der Waals surface area contributed by atoms with Gasteiger partial charge in [0.25, 0.3) is 0 Å². The summed E-state index contributed by atoms with van der Waals surface area (Å²) in [4.78, 5) is 12.8. The Labute approximate surface area is 131 Å². The molecule has 1 aliphatic heterocycles. The zero-order valence-corrected chi connectivity index (χ0v) is 12.8. The largest absolute Gasteiger partial charge is 0.432 e. The average Bonchev–Trinajstić information content (AvgIpc) is 3.16. The molecule has 6 nitrogen and oxygen atoms in total. The molecule has 0 aromatic carbocycles. The summed E-state index contributed by atoms with van der Waals surface area (Å²) in [6.45, 7) is 4.97. The van der Waals surface area contributed by atoms with Crippen LogP contribution in [0.25, 0.3) is 0 Å². The molecule has 23 heavy (non-hydrogen) atoms. The lowest BCUT2D eigenvalue weighted by Crippen LogP contribution is -2.35. The number of aryl methyl sites for hydroxylation is 1. The number of hydrogen-bond donors (Lipinski definition) is 1. The topological polar surface area (TPSA) is 62.6 Å². The zero-order chi connectivity index (χ0) is 16.4. The summed E-state index contributed by atoms with van der Waals surface area (Å²) in [6, 6.07) is 0. The fraction of sp³-hybridized carbons (Fsp3) is 0.643. The second-order valence-electron chi connectivity index (χ2n) is 5.75. The molecule has 0 saturated carbocycles. The summed E-state index contributed by atoms with van der Waals surface area (Å²) in [5.41, 5.74) is -0.782. The molecule has 9 heteroatoms. The van der Waals surface area contributed by atoms with E-state index in [0.717, 1.165) is 38.0 Å². The lowest BCUT2D eigenvalue weighted by atomic mass is 9.97. The highest BCUT2D eigenvalue weighted by atomic mass is 19.4. The number of piperidine rings is 1. The van der Waals surface area contributed by atoms with Gasteiger partial charge in [0.05, 0.1) is 12.7 Å². The number of H-pyrrole nitrogens is 1. The van der Waals surface area contributed by atoms with Crippen LogP contribution in [0.15, 0.2) is 12.5 Å². The number of imidazole rings is 1. The van der Waals surface area contributed by atoms with E-state index in [-0.39, 0.29) is 5.92 Å². The summed E-state index contributed by atoms with van der Waals surface area (Å²) >= 11 is 0. The normalized spacial score (nSPS) is 20.1. The van der Waals surface area contributed by atoms with Crippen molar-refractivity contribution in [3.8, 4) is 0 Å². The van der Waals surface area contributed by atoms with Crippen molar-refractivity contribution in [1.82, 2.24) is 29.6 Å². The van der Waals surface area contributed by atoms with Gasteiger partial charge in [-0.2, -0.15) is 18.3 Å². The maximum absolute atomic E-state index is 12.7. The van der Waals surface area contributed by atoms with Crippen molar-refractivity contribution in [2.24, 2.45) is 0 Å². The van der Waals surface area contributed by atoms with Crippen LogP contribution in [0, 0.1) is 0 Å². The number of likely N-dealkylation sites (tertiary alicyclic amines) is 1. The minimum Gasteiger partial charge on any atom is -0.338 e. The lowest BCUT2D eigenvalue weighted by Gasteiger charge is -2.31. The molecular formula is C14H19F3N6. The number of aromatic amines is 1. The molecule has 1 unspecified atom stereocenters. The van der Waals surface area contributed by atoms with Gasteiger partial charge in [-0.05, 0) is 26.3 Å². The fourth-order valence-corrected chi connectivity index (χ4v) is 2.99. The highest BCUT2D eigenvalue weighted by molar-refractivity contribution is 5.09. The van der Waals surface area contributed by atoms with Crippen LogP contribution in [-0.4, -0.2) is 42.7 Å². The average molecular weight is 328 g/mol. The third kappa shape index (κ3) is 3.54. The first kappa shape index (κ1) is 16.0. The van der Waals surface area contributed by atoms with Gasteiger partial charge in [-0.1, -0.05) is 0 Å². The quantitative estimate of drug-likeness (QED) is 0.936.